The number of H-pyrrole nitrogens is 1. The Balaban J connectivity index is 0.000000179. The second-order valence-electron chi connectivity index (χ2n) is 14.7. The molecule has 0 bridgehead atoms. The Bertz CT molecular complexity index is 3620. The van der Waals surface area contributed by atoms with Crippen LogP contribution in [0.3, 0.4) is 0 Å². The normalized spacial score (nSPS) is 11.1. The number of rotatable bonds is 10. The lowest BCUT2D eigenvalue weighted by molar-refractivity contribution is -0.383. The van der Waals surface area contributed by atoms with Crippen molar-refractivity contribution in [3.63, 3.8) is 0 Å². The zero-order valence-corrected chi connectivity index (χ0v) is 44.3. The number of methoxy groups -OCH3 is 1. The molecular formula is C44H42Cl5N17O11. The number of carbonyl (C=O) groups excluding carboxylic acids is 2. The third-order valence-corrected chi connectivity index (χ3v) is 10.5. The van der Waals surface area contributed by atoms with Crippen LogP contribution in [0.1, 0.15) is 25.8 Å². The van der Waals surface area contributed by atoms with E-state index in [1.165, 1.54) is 32.0 Å². The summed E-state index contributed by atoms with van der Waals surface area (Å²) in [6.45, 7) is 5.20. The second kappa shape index (κ2) is 28.3. The number of carbonyl (C=O) groups is 2. The Morgan fingerprint density at radius 3 is 1.86 bits per heavy atom. The lowest BCUT2D eigenvalue weighted by Crippen LogP contribution is -2.20. The van der Waals surface area contributed by atoms with Crippen LogP contribution in [0, 0.1) is 20.2 Å². The number of ether oxygens (including phenoxy) is 3. The van der Waals surface area contributed by atoms with Crippen LogP contribution in [-0.2, 0) is 25.6 Å². The summed E-state index contributed by atoms with van der Waals surface area (Å²) in [5.74, 6) is 0.151. The van der Waals surface area contributed by atoms with Gasteiger partial charge in [-0.1, -0.05) is 70.1 Å². The largest absolute Gasteiger partial charge is 0.497 e. The van der Waals surface area contributed by atoms with Gasteiger partial charge in [0.25, 0.3) is 5.56 Å². The Hall–Kier alpha value is -8.70. The molecule has 0 saturated carbocycles. The number of hydrogen-bond acceptors (Lipinski definition) is 21. The van der Waals surface area contributed by atoms with Gasteiger partial charge in [-0.05, 0) is 37.6 Å². The first-order valence-electron chi connectivity index (χ1n) is 21.8. The molecule has 0 spiro atoms. The summed E-state index contributed by atoms with van der Waals surface area (Å²) in [6, 6.07) is 16.6. The Kier molecular flexibility index (Phi) is 21.7. The maximum absolute atomic E-state index is 11.1. The van der Waals surface area contributed by atoms with E-state index in [0.717, 1.165) is 33.8 Å². The van der Waals surface area contributed by atoms with Crippen LogP contribution < -0.4 is 20.9 Å². The Morgan fingerprint density at radius 1 is 0.766 bits per heavy atom. The molecule has 1 aromatic carbocycles. The van der Waals surface area contributed by atoms with Crippen LogP contribution in [0.4, 0.5) is 17.2 Å². The number of aromatic hydroxyl groups is 1. The lowest BCUT2D eigenvalue weighted by Gasteiger charge is -2.20. The number of fused-ring (bicyclic) bond motifs is 4. The van der Waals surface area contributed by atoms with Gasteiger partial charge in [0.05, 0.1) is 55.2 Å². The van der Waals surface area contributed by atoms with Gasteiger partial charge in [-0.25, -0.2) is 19.5 Å². The van der Waals surface area contributed by atoms with Gasteiger partial charge in [0, 0.05) is 55.8 Å². The first kappa shape index (κ1) is 59.2. The number of halogens is 5. The highest BCUT2D eigenvalue weighted by Gasteiger charge is 2.21. The number of nitrogens with one attached hydrogen (secondary N) is 1. The van der Waals surface area contributed by atoms with Crippen molar-refractivity contribution in [2.75, 3.05) is 38.8 Å². The molecule has 9 heterocycles. The molecule has 4 N–H and O–H groups in total. The average Bonchev–Trinajstić information content (AvgIpc) is 4.26. The highest BCUT2D eigenvalue weighted by atomic mass is 35.5. The molecule has 33 heteroatoms. The highest BCUT2D eigenvalue weighted by molar-refractivity contribution is 6.34. The minimum atomic E-state index is -0.595. The van der Waals surface area contributed by atoms with Crippen LogP contribution in [0.25, 0.3) is 22.6 Å². The number of aliphatic imine (C=N–C) groups is 1. The number of hydrogen-bond donors (Lipinski definition) is 3. The zero-order chi connectivity index (χ0) is 56.3. The minimum Gasteiger partial charge on any atom is -0.497 e. The average molecular weight is 1160 g/mol. The van der Waals surface area contributed by atoms with Crippen molar-refractivity contribution in [2.45, 2.75) is 26.8 Å². The van der Waals surface area contributed by atoms with Gasteiger partial charge in [-0.2, -0.15) is 33.9 Å². The predicted octanol–water partition coefficient (Wildman–Crippen LogP) is 7.06. The molecule has 0 amide bonds. The van der Waals surface area contributed by atoms with Crippen molar-refractivity contribution in [1.82, 2.24) is 58.4 Å². The SMILES string of the molecule is CCOC(=O)CC(=O)OCC.COc1ccc(CN(C)c2cc(Cl)nc3c([N+](=O)[O-])cnn23)cc1.Clc1cc(Cl)n2nccc2n1.NC1=CC=NC1.O=[N+]([O-])c1cnn2c(Cl)cc(Cl)nc12.O=c1cc(O)n2nccc2[nH]1. The van der Waals surface area contributed by atoms with Crippen LogP contribution in [0.2, 0.25) is 25.8 Å². The summed E-state index contributed by atoms with van der Waals surface area (Å²) in [6.07, 6.45) is 8.58. The number of esters is 2. The van der Waals surface area contributed by atoms with Crippen LogP contribution in [0.15, 0.2) is 107 Å². The highest BCUT2D eigenvalue weighted by Crippen LogP contribution is 2.27. The molecule has 0 saturated heterocycles. The molecule has 1 aliphatic heterocycles. The van der Waals surface area contributed by atoms with Crippen molar-refractivity contribution < 1.29 is 38.8 Å². The summed E-state index contributed by atoms with van der Waals surface area (Å²) in [7, 11) is 3.46. The fraction of sp³-hybridized carbons (Fsp3) is 0.205. The molecule has 0 fully saturated rings. The number of aromatic amines is 1. The van der Waals surface area contributed by atoms with Gasteiger partial charge in [-0.15, -0.1) is 0 Å². The third kappa shape index (κ3) is 16.9. The Morgan fingerprint density at radius 2 is 1.31 bits per heavy atom. The van der Waals surface area contributed by atoms with Crippen LogP contribution in [-0.4, -0.2) is 125 Å². The van der Waals surface area contributed by atoms with Crippen LogP contribution >= 0.6 is 58.0 Å². The number of anilines is 1. The van der Waals surface area contributed by atoms with Gasteiger partial charge in [0.15, 0.2) is 5.65 Å². The molecule has 0 aliphatic carbocycles. The van der Waals surface area contributed by atoms with Gasteiger partial charge < -0.3 is 34.9 Å². The van der Waals surface area contributed by atoms with E-state index in [1.807, 2.05) is 36.2 Å². The van der Waals surface area contributed by atoms with E-state index >= 15 is 0 Å². The molecule has 10 rings (SSSR count). The molecule has 404 valence electrons. The molecule has 77 heavy (non-hydrogen) atoms. The monoisotopic (exact) mass is 1160 g/mol. The summed E-state index contributed by atoms with van der Waals surface area (Å²) in [5, 5.41) is 47.4. The topological polar surface area (TPSA) is 351 Å². The summed E-state index contributed by atoms with van der Waals surface area (Å²) in [4.78, 5) is 72.4. The number of allylic oxidation sites excluding steroid dienone is 1. The zero-order valence-electron chi connectivity index (χ0n) is 40.5. The van der Waals surface area contributed by atoms with Crippen molar-refractivity contribution in [3.8, 4) is 11.6 Å². The third-order valence-electron chi connectivity index (χ3n) is 9.37. The maximum Gasteiger partial charge on any atom is 0.333 e. The summed E-state index contributed by atoms with van der Waals surface area (Å²) >= 11 is 28.8. The predicted molar refractivity (Wildman–Crippen MR) is 283 cm³/mol. The molecule has 0 atom stereocenters. The number of nitrogens with zero attached hydrogens (tertiary/aromatic N) is 15. The quantitative estimate of drug-likeness (QED) is 0.0405. The number of nitro groups is 2. The van der Waals surface area contributed by atoms with Gasteiger partial charge in [-0.3, -0.25) is 39.6 Å². The van der Waals surface area contributed by atoms with E-state index in [2.05, 4.69) is 54.8 Å². The van der Waals surface area contributed by atoms with Gasteiger partial charge in [0.2, 0.25) is 17.2 Å². The van der Waals surface area contributed by atoms with E-state index in [0.29, 0.717) is 40.5 Å². The molecule has 28 nitrogen and oxygen atoms in total. The molecule has 1 aliphatic rings. The molecule has 0 radical (unpaired) electrons. The second-order valence-corrected chi connectivity index (χ2v) is 16.7. The molecular weight excluding hydrogens is 1120 g/mol. The van der Waals surface area contributed by atoms with Crippen LogP contribution in [0.5, 0.6) is 11.6 Å². The summed E-state index contributed by atoms with van der Waals surface area (Å²) < 4.78 is 19.5. The maximum atomic E-state index is 11.1. The van der Waals surface area contributed by atoms with Gasteiger partial charge in [0.1, 0.15) is 61.8 Å². The van der Waals surface area contributed by atoms with Crippen molar-refractivity contribution in [3.05, 3.63) is 159 Å². The van der Waals surface area contributed by atoms with E-state index in [-0.39, 0.29) is 69.2 Å². The van der Waals surface area contributed by atoms with E-state index < -0.39 is 21.8 Å². The smallest absolute Gasteiger partial charge is 0.333 e. The lowest BCUT2D eigenvalue weighted by atomic mass is 10.2. The minimum absolute atomic E-state index is 0.0347. The first-order chi connectivity index (χ1) is 36.7. The Labute approximate surface area is 458 Å². The van der Waals surface area contributed by atoms with E-state index in [9.17, 15) is 34.6 Å². The summed E-state index contributed by atoms with van der Waals surface area (Å²) in [5.41, 5.74) is 7.71. The molecule has 9 aromatic rings. The number of nitrogens with two attached hydrogens (primary N) is 1. The van der Waals surface area contributed by atoms with E-state index in [1.54, 1.807) is 63.7 Å². The fourth-order valence-corrected chi connectivity index (χ4v) is 7.20. The number of aromatic nitrogens is 12. The molecule has 8 aromatic heterocycles. The van der Waals surface area contributed by atoms with Crippen molar-refractivity contribution in [1.29, 1.82) is 0 Å². The first-order valence-corrected chi connectivity index (χ1v) is 23.7. The molecule has 0 unspecified atom stereocenters. The standard InChI is InChI=1S/C15H14ClN5O3.C7H12O4.C6H2Cl2N4O2.C6H3Cl2N3.C6H5N3O2.C4H6N2/c1-19(9-10-3-5-11(24-2)6-4-10)14-7-13(16)18-15-12(21(22)23)8-17-20(14)15;1-3-10-6(8)5-7(9)11-4-2;7-4-1-5(8)11-6(10-4)3(2-9-11)12(13)14;7-4-3-5(8)11-6(10-4)1-2-9-11;10-5-3-6(11)9-4(8-5)1-2-7-9;5-4-1-2-6-3-4/h3-8H,9H2,1-2H3;3-5H2,1-2H3;1-2H;1-3H;1-3,11H,(H,8,10);1-2H,3,5H2. The fourth-order valence-electron chi connectivity index (χ4n) is 6.08. The van der Waals surface area contributed by atoms with Gasteiger partial charge >= 0.3 is 23.3 Å². The van der Waals surface area contributed by atoms with E-state index in [4.69, 9.17) is 73.6 Å². The van der Waals surface area contributed by atoms with Crippen molar-refractivity contribution in [2.24, 2.45) is 10.7 Å². The number of benzene rings is 1. The van der Waals surface area contributed by atoms with Crippen molar-refractivity contribution >= 4 is 116 Å².